The van der Waals surface area contributed by atoms with E-state index in [9.17, 15) is 9.59 Å². The standard InChI is InChI=1S/C14H14N2O3/c1-9-5-6-12(19-2)11(8-9)16-14(18)13(17)10-4-3-7-15-10/h3-8,15H,1-2H3,(H,16,18). The van der Waals surface area contributed by atoms with Gasteiger partial charge in [-0.25, -0.2) is 0 Å². The van der Waals surface area contributed by atoms with Gasteiger partial charge < -0.3 is 15.0 Å². The van der Waals surface area contributed by atoms with Crippen molar-refractivity contribution < 1.29 is 14.3 Å². The molecule has 0 radical (unpaired) electrons. The zero-order valence-electron chi connectivity index (χ0n) is 10.7. The van der Waals surface area contributed by atoms with Crippen molar-refractivity contribution in [1.82, 2.24) is 4.98 Å². The van der Waals surface area contributed by atoms with E-state index in [-0.39, 0.29) is 5.69 Å². The molecule has 0 saturated heterocycles. The lowest BCUT2D eigenvalue weighted by Crippen LogP contribution is -2.23. The van der Waals surface area contributed by atoms with Crippen molar-refractivity contribution in [3.05, 3.63) is 47.8 Å². The Morgan fingerprint density at radius 1 is 1.26 bits per heavy atom. The number of amides is 1. The number of ether oxygens (including phenoxy) is 1. The Labute approximate surface area is 110 Å². The van der Waals surface area contributed by atoms with E-state index < -0.39 is 11.7 Å². The number of hydrogen-bond donors (Lipinski definition) is 2. The Bertz CT molecular complexity index is 603. The van der Waals surface area contributed by atoms with Crippen molar-refractivity contribution in [2.75, 3.05) is 12.4 Å². The molecule has 0 bridgehead atoms. The van der Waals surface area contributed by atoms with Crippen LogP contribution < -0.4 is 10.1 Å². The minimum atomic E-state index is -0.702. The molecule has 0 fully saturated rings. The van der Waals surface area contributed by atoms with Gasteiger partial charge in [0.2, 0.25) is 0 Å². The van der Waals surface area contributed by atoms with Gasteiger partial charge in [-0.15, -0.1) is 0 Å². The summed E-state index contributed by atoms with van der Waals surface area (Å²) in [4.78, 5) is 26.4. The number of H-pyrrole nitrogens is 1. The summed E-state index contributed by atoms with van der Waals surface area (Å²) >= 11 is 0. The third-order valence-electron chi connectivity index (χ3n) is 2.65. The number of benzene rings is 1. The summed E-state index contributed by atoms with van der Waals surface area (Å²) in [5.74, 6) is -0.807. The number of hydrogen-bond acceptors (Lipinski definition) is 3. The molecule has 0 aliphatic carbocycles. The molecule has 1 amide bonds. The molecule has 1 aromatic carbocycles. The van der Waals surface area contributed by atoms with Gasteiger partial charge >= 0.3 is 0 Å². The van der Waals surface area contributed by atoms with Crippen molar-refractivity contribution in [3.8, 4) is 5.75 Å². The summed E-state index contributed by atoms with van der Waals surface area (Å²) in [7, 11) is 1.51. The highest BCUT2D eigenvalue weighted by molar-refractivity contribution is 6.46. The maximum Gasteiger partial charge on any atom is 0.298 e. The van der Waals surface area contributed by atoms with Gasteiger partial charge in [-0.1, -0.05) is 6.07 Å². The van der Waals surface area contributed by atoms with E-state index >= 15 is 0 Å². The van der Waals surface area contributed by atoms with Gasteiger partial charge in [-0.05, 0) is 36.8 Å². The van der Waals surface area contributed by atoms with Crippen LogP contribution >= 0.6 is 0 Å². The van der Waals surface area contributed by atoms with Crippen molar-refractivity contribution in [3.63, 3.8) is 0 Å². The summed E-state index contributed by atoms with van der Waals surface area (Å²) in [5.41, 5.74) is 1.69. The van der Waals surface area contributed by atoms with Gasteiger partial charge in [-0.3, -0.25) is 9.59 Å². The largest absolute Gasteiger partial charge is 0.495 e. The van der Waals surface area contributed by atoms with Crippen LogP contribution in [0, 0.1) is 6.92 Å². The molecule has 2 aromatic rings. The van der Waals surface area contributed by atoms with E-state index in [2.05, 4.69) is 10.3 Å². The SMILES string of the molecule is COc1ccc(C)cc1NC(=O)C(=O)c1ccc[nH]1. The van der Waals surface area contributed by atoms with Crippen LogP contribution in [0.3, 0.4) is 0 Å². The number of methoxy groups -OCH3 is 1. The highest BCUT2D eigenvalue weighted by Gasteiger charge is 2.18. The first-order chi connectivity index (χ1) is 9.11. The van der Waals surface area contributed by atoms with E-state index in [1.54, 1.807) is 30.5 Å². The Morgan fingerprint density at radius 2 is 2.05 bits per heavy atom. The first-order valence-electron chi connectivity index (χ1n) is 5.75. The molecule has 5 nitrogen and oxygen atoms in total. The number of Topliss-reactive ketones (excluding diaryl/α,β-unsaturated/α-hetero) is 1. The average Bonchev–Trinajstić information content (AvgIpc) is 2.92. The number of anilines is 1. The van der Waals surface area contributed by atoms with Crippen LogP contribution in [0.5, 0.6) is 5.75 Å². The Morgan fingerprint density at radius 3 is 2.68 bits per heavy atom. The van der Waals surface area contributed by atoms with E-state index in [0.717, 1.165) is 5.56 Å². The number of carbonyl (C=O) groups is 2. The molecule has 0 aliphatic rings. The minimum absolute atomic E-state index is 0.254. The van der Waals surface area contributed by atoms with E-state index in [4.69, 9.17) is 4.74 Å². The van der Waals surface area contributed by atoms with E-state index in [1.165, 1.54) is 7.11 Å². The van der Waals surface area contributed by atoms with Crippen LogP contribution in [0.15, 0.2) is 36.5 Å². The number of aromatic amines is 1. The summed E-state index contributed by atoms with van der Waals surface area (Å²) < 4.78 is 5.14. The maximum atomic E-state index is 11.9. The van der Waals surface area contributed by atoms with Gasteiger partial charge in [0.1, 0.15) is 5.75 Å². The van der Waals surface area contributed by atoms with Crippen LogP contribution in [-0.4, -0.2) is 23.8 Å². The number of carbonyl (C=O) groups excluding carboxylic acids is 2. The van der Waals surface area contributed by atoms with Crippen molar-refractivity contribution in [2.24, 2.45) is 0 Å². The fourth-order valence-corrected chi connectivity index (χ4v) is 1.69. The van der Waals surface area contributed by atoms with Crippen molar-refractivity contribution in [1.29, 1.82) is 0 Å². The van der Waals surface area contributed by atoms with Crippen LogP contribution in [0.2, 0.25) is 0 Å². The monoisotopic (exact) mass is 258 g/mol. The molecule has 2 N–H and O–H groups in total. The topological polar surface area (TPSA) is 71.2 Å². The lowest BCUT2D eigenvalue weighted by Gasteiger charge is -2.10. The molecular weight excluding hydrogens is 244 g/mol. The Balaban J connectivity index is 2.19. The van der Waals surface area contributed by atoms with Crippen LogP contribution in [0.4, 0.5) is 5.69 Å². The first-order valence-corrected chi connectivity index (χ1v) is 5.75. The lowest BCUT2D eigenvalue weighted by atomic mass is 10.2. The van der Waals surface area contributed by atoms with Gasteiger partial charge in [0.25, 0.3) is 11.7 Å². The molecule has 98 valence electrons. The second-order valence-corrected chi connectivity index (χ2v) is 4.07. The molecule has 1 heterocycles. The molecule has 1 aromatic heterocycles. The molecule has 2 rings (SSSR count). The second-order valence-electron chi connectivity index (χ2n) is 4.07. The van der Waals surface area contributed by atoms with Gasteiger partial charge in [0.15, 0.2) is 0 Å². The Hall–Kier alpha value is -2.56. The summed E-state index contributed by atoms with van der Waals surface area (Å²) in [6.45, 7) is 1.89. The number of aryl methyl sites for hydroxylation is 1. The molecular formula is C14H14N2O3. The number of aromatic nitrogens is 1. The highest BCUT2D eigenvalue weighted by atomic mass is 16.5. The predicted molar refractivity (Wildman–Crippen MR) is 71.5 cm³/mol. The normalized spacial score (nSPS) is 10.0. The van der Waals surface area contributed by atoms with Crippen molar-refractivity contribution in [2.45, 2.75) is 6.92 Å². The second kappa shape index (κ2) is 5.39. The smallest absolute Gasteiger partial charge is 0.298 e. The molecule has 0 unspecified atom stereocenters. The molecule has 0 spiro atoms. The average molecular weight is 258 g/mol. The van der Waals surface area contributed by atoms with Crippen LogP contribution in [-0.2, 0) is 4.79 Å². The molecule has 0 atom stereocenters. The first kappa shape index (κ1) is 12.9. The third-order valence-corrected chi connectivity index (χ3v) is 2.65. The molecule has 19 heavy (non-hydrogen) atoms. The fraction of sp³-hybridized carbons (Fsp3) is 0.143. The number of nitrogens with one attached hydrogen (secondary N) is 2. The fourth-order valence-electron chi connectivity index (χ4n) is 1.69. The van der Waals surface area contributed by atoms with E-state index in [0.29, 0.717) is 11.4 Å². The Kier molecular flexibility index (Phi) is 3.66. The molecule has 5 heteroatoms. The zero-order valence-corrected chi connectivity index (χ0v) is 10.7. The third kappa shape index (κ3) is 2.82. The highest BCUT2D eigenvalue weighted by Crippen LogP contribution is 2.25. The summed E-state index contributed by atoms with van der Waals surface area (Å²) in [6, 6.07) is 8.56. The van der Waals surface area contributed by atoms with Crippen LogP contribution in [0.1, 0.15) is 16.1 Å². The zero-order chi connectivity index (χ0) is 13.8. The van der Waals surface area contributed by atoms with Crippen LogP contribution in [0.25, 0.3) is 0 Å². The van der Waals surface area contributed by atoms with Gasteiger partial charge in [0, 0.05) is 6.20 Å². The summed E-state index contributed by atoms with van der Waals surface area (Å²) in [6.07, 6.45) is 1.59. The lowest BCUT2D eigenvalue weighted by molar-refractivity contribution is -0.112. The number of ketones is 1. The van der Waals surface area contributed by atoms with Crippen molar-refractivity contribution >= 4 is 17.4 Å². The number of rotatable bonds is 4. The molecule has 0 saturated carbocycles. The van der Waals surface area contributed by atoms with Gasteiger partial charge in [-0.2, -0.15) is 0 Å². The summed E-state index contributed by atoms with van der Waals surface area (Å²) in [5, 5.41) is 2.56. The maximum absolute atomic E-state index is 11.9. The van der Waals surface area contributed by atoms with Gasteiger partial charge in [0.05, 0.1) is 18.5 Å². The quantitative estimate of drug-likeness (QED) is 0.652. The molecule has 0 aliphatic heterocycles. The van der Waals surface area contributed by atoms with E-state index in [1.807, 2.05) is 13.0 Å². The minimum Gasteiger partial charge on any atom is -0.495 e. The predicted octanol–water partition coefficient (Wildman–Crippen LogP) is 2.15.